The predicted molar refractivity (Wildman–Crippen MR) is 92.2 cm³/mol. The predicted octanol–water partition coefficient (Wildman–Crippen LogP) is 0.0953. The lowest BCUT2D eigenvalue weighted by Crippen LogP contribution is -2.52. The van der Waals surface area contributed by atoms with E-state index in [9.17, 15) is 14.4 Å². The first-order valence-electron chi connectivity index (χ1n) is 8.02. The van der Waals surface area contributed by atoms with Crippen molar-refractivity contribution in [2.45, 2.75) is 12.5 Å². The fourth-order valence-corrected chi connectivity index (χ4v) is 3.02. The Morgan fingerprint density at radius 2 is 2.12 bits per heavy atom. The Balaban J connectivity index is 1.74. The lowest BCUT2D eigenvalue weighted by atomic mass is 10.0. The molecular formula is C18H18N5O3+. The van der Waals surface area contributed by atoms with Crippen LogP contribution in [0.15, 0.2) is 42.7 Å². The largest absolute Gasteiger partial charge is 0.361 e. The summed E-state index contributed by atoms with van der Waals surface area (Å²) in [6.45, 7) is 3.02. The van der Waals surface area contributed by atoms with Crippen LogP contribution in [-0.2, 0) is 16.0 Å². The molecule has 1 fully saturated rings. The summed E-state index contributed by atoms with van der Waals surface area (Å²) in [6, 6.07) is 8.05. The molecule has 5 N–H and O–H groups in total. The molecule has 0 unspecified atom stereocenters. The summed E-state index contributed by atoms with van der Waals surface area (Å²) in [7, 11) is 0. The number of nitrogens with zero attached hydrogens (tertiary/aromatic N) is 2. The number of hydrogen-bond acceptors (Lipinski definition) is 4. The summed E-state index contributed by atoms with van der Waals surface area (Å²) < 4.78 is 0. The van der Waals surface area contributed by atoms with Crippen molar-refractivity contribution < 1.29 is 20.1 Å². The van der Waals surface area contributed by atoms with Crippen LogP contribution in [-0.4, -0.2) is 40.2 Å². The van der Waals surface area contributed by atoms with Gasteiger partial charge in [0.25, 0.3) is 5.91 Å². The number of benzene rings is 1. The average molecular weight is 352 g/mol. The van der Waals surface area contributed by atoms with E-state index in [4.69, 9.17) is 5.26 Å². The molecule has 1 aliphatic heterocycles. The maximum atomic E-state index is 12.6. The molecule has 2 heterocycles. The van der Waals surface area contributed by atoms with Crippen molar-refractivity contribution >= 4 is 28.6 Å². The molecule has 0 aliphatic carbocycles. The summed E-state index contributed by atoms with van der Waals surface area (Å²) in [5.41, 5.74) is 5.47. The molecular weight excluding hydrogens is 334 g/mol. The third-order valence-corrected chi connectivity index (χ3v) is 4.38. The van der Waals surface area contributed by atoms with Crippen molar-refractivity contribution in [2.24, 2.45) is 5.92 Å². The van der Waals surface area contributed by atoms with Gasteiger partial charge in [-0.25, -0.2) is 4.79 Å². The molecule has 132 valence electrons. The van der Waals surface area contributed by atoms with E-state index in [0.29, 0.717) is 6.42 Å². The number of carbonyl (C=O) groups excluding carboxylic acids is 3. The van der Waals surface area contributed by atoms with Crippen molar-refractivity contribution in [1.29, 1.82) is 5.26 Å². The molecule has 26 heavy (non-hydrogen) atoms. The van der Waals surface area contributed by atoms with Gasteiger partial charge in [0, 0.05) is 23.5 Å². The molecule has 3 rings (SSSR count). The smallest absolute Gasteiger partial charge is 0.325 e. The van der Waals surface area contributed by atoms with Gasteiger partial charge in [-0.2, -0.15) is 5.26 Å². The molecule has 1 aromatic heterocycles. The summed E-state index contributed by atoms with van der Waals surface area (Å²) >= 11 is 0. The highest BCUT2D eigenvalue weighted by molar-refractivity contribution is 6.07. The number of carbonyl (C=O) groups is 3. The zero-order chi connectivity index (χ0) is 18.8. The minimum absolute atomic E-state index is 0.139. The van der Waals surface area contributed by atoms with E-state index in [1.54, 1.807) is 12.3 Å². The zero-order valence-corrected chi connectivity index (χ0v) is 14.0. The van der Waals surface area contributed by atoms with Gasteiger partial charge in [-0.15, -0.1) is 0 Å². The fraction of sp³-hybridized carbons (Fsp3) is 0.222. The van der Waals surface area contributed by atoms with Crippen LogP contribution < -0.4 is 11.1 Å². The minimum Gasteiger partial charge on any atom is -0.361 e. The van der Waals surface area contributed by atoms with Crippen molar-refractivity contribution in [2.75, 3.05) is 6.54 Å². The van der Waals surface area contributed by atoms with Crippen LogP contribution in [0.1, 0.15) is 5.56 Å². The maximum Gasteiger partial charge on any atom is 0.325 e. The van der Waals surface area contributed by atoms with Gasteiger partial charge >= 0.3 is 6.03 Å². The number of urea groups is 1. The first-order valence-corrected chi connectivity index (χ1v) is 8.02. The highest BCUT2D eigenvalue weighted by Gasteiger charge is 2.40. The van der Waals surface area contributed by atoms with Gasteiger partial charge in [0.15, 0.2) is 11.7 Å². The van der Waals surface area contributed by atoms with Crippen molar-refractivity contribution in [1.82, 2.24) is 15.2 Å². The van der Waals surface area contributed by atoms with Crippen molar-refractivity contribution in [3.8, 4) is 6.07 Å². The van der Waals surface area contributed by atoms with E-state index in [0.717, 1.165) is 21.4 Å². The number of allylic oxidation sites excluding steroid dienone is 1. The molecule has 1 aromatic carbocycles. The number of rotatable bonds is 6. The molecule has 0 bridgehead atoms. The van der Waals surface area contributed by atoms with E-state index in [1.807, 2.05) is 24.3 Å². The molecule has 1 saturated heterocycles. The second-order valence-electron chi connectivity index (χ2n) is 6.18. The number of aromatic nitrogens is 1. The number of hydrogen-bond donors (Lipinski definition) is 3. The Hall–Kier alpha value is -3.44. The Kier molecular flexibility index (Phi) is 4.56. The maximum absolute atomic E-state index is 12.6. The molecule has 8 nitrogen and oxygen atoms in total. The molecule has 1 aliphatic rings. The van der Waals surface area contributed by atoms with E-state index in [1.165, 1.54) is 0 Å². The number of nitriles is 1. The number of ketones is 1. The minimum atomic E-state index is -1.14. The van der Waals surface area contributed by atoms with Gasteiger partial charge in [0.05, 0.1) is 12.6 Å². The molecule has 2 aromatic rings. The van der Waals surface area contributed by atoms with Crippen molar-refractivity contribution in [3.63, 3.8) is 0 Å². The molecule has 2 atom stereocenters. The number of H-pyrrole nitrogens is 1. The monoisotopic (exact) mass is 352 g/mol. The molecule has 0 radical (unpaired) electrons. The number of nitrogens with one attached hydrogen (secondary N) is 2. The second kappa shape index (κ2) is 6.82. The SMILES string of the molecule is C=C([NH3+])[C@@H](C#N)C(=O)CN1C(=O)N[C@H](Cc2c[nH]c3ccccc23)C1=O. The number of Topliss-reactive ketones (excluding diaryl/α,β-unsaturated/α-hetero) is 1. The van der Waals surface area contributed by atoms with E-state index >= 15 is 0 Å². The van der Waals surface area contributed by atoms with Crippen LogP contribution >= 0.6 is 0 Å². The Morgan fingerprint density at radius 3 is 2.81 bits per heavy atom. The third kappa shape index (κ3) is 3.08. The fourth-order valence-electron chi connectivity index (χ4n) is 3.02. The first kappa shape index (κ1) is 17.4. The Labute approximate surface area is 149 Å². The van der Waals surface area contributed by atoms with Gasteiger partial charge in [0.2, 0.25) is 0 Å². The van der Waals surface area contributed by atoms with Crippen LogP contribution in [0.4, 0.5) is 4.79 Å². The topological polar surface area (TPSA) is 134 Å². The summed E-state index contributed by atoms with van der Waals surface area (Å²) in [4.78, 5) is 40.8. The Morgan fingerprint density at radius 1 is 1.38 bits per heavy atom. The highest BCUT2D eigenvalue weighted by Crippen LogP contribution is 2.21. The summed E-state index contributed by atoms with van der Waals surface area (Å²) in [6.07, 6.45) is 2.11. The number of aromatic amines is 1. The third-order valence-electron chi connectivity index (χ3n) is 4.38. The molecule has 3 amide bonds. The number of imide groups is 1. The van der Waals surface area contributed by atoms with Crippen LogP contribution in [0, 0.1) is 17.2 Å². The highest BCUT2D eigenvalue weighted by atomic mass is 16.2. The normalized spacial score (nSPS) is 17.8. The first-order chi connectivity index (χ1) is 12.4. The van der Waals surface area contributed by atoms with Crippen LogP contribution in [0.3, 0.4) is 0 Å². The number of fused-ring (bicyclic) bond motifs is 1. The number of amides is 3. The second-order valence-corrected chi connectivity index (χ2v) is 6.18. The molecule has 0 spiro atoms. The lowest BCUT2D eigenvalue weighted by molar-refractivity contribution is -0.309. The number of para-hydroxylation sites is 1. The van der Waals surface area contributed by atoms with Gasteiger partial charge in [0.1, 0.15) is 11.7 Å². The Bertz CT molecular complexity index is 955. The quantitative estimate of drug-likeness (QED) is 0.635. The molecule has 0 saturated carbocycles. The number of quaternary nitrogens is 1. The summed E-state index contributed by atoms with van der Waals surface area (Å²) in [5.74, 6) is -2.20. The summed E-state index contributed by atoms with van der Waals surface area (Å²) in [5, 5.41) is 12.6. The average Bonchev–Trinajstić information content (AvgIpc) is 3.12. The van der Waals surface area contributed by atoms with E-state index in [2.05, 4.69) is 22.6 Å². The van der Waals surface area contributed by atoms with Crippen LogP contribution in [0.5, 0.6) is 0 Å². The van der Waals surface area contributed by atoms with Crippen LogP contribution in [0.25, 0.3) is 10.9 Å². The zero-order valence-electron chi connectivity index (χ0n) is 14.0. The van der Waals surface area contributed by atoms with Gasteiger partial charge in [-0.05, 0) is 18.2 Å². The molecule has 8 heteroatoms. The van der Waals surface area contributed by atoms with Crippen LogP contribution in [0.2, 0.25) is 0 Å². The van der Waals surface area contributed by atoms with Crippen molar-refractivity contribution in [3.05, 3.63) is 48.3 Å². The standard InChI is InChI=1S/C18H17N5O3/c1-10(20)13(7-19)16(24)9-23-17(25)15(22-18(23)26)6-11-8-21-14-5-3-2-4-12(11)14/h2-5,8,13,15,21H,1,6,9,20H2,(H,22,26)/p+1/t13-,15-/m1/s1. The van der Waals surface area contributed by atoms with Gasteiger partial charge in [-0.3, -0.25) is 14.5 Å². The lowest BCUT2D eigenvalue weighted by Gasteiger charge is -2.13. The van der Waals surface area contributed by atoms with Gasteiger partial charge < -0.3 is 16.0 Å². The van der Waals surface area contributed by atoms with Gasteiger partial charge in [-0.1, -0.05) is 18.2 Å². The van der Waals surface area contributed by atoms with E-state index < -0.39 is 36.2 Å². The van der Waals surface area contributed by atoms with E-state index in [-0.39, 0.29) is 5.70 Å².